The number of carbonyl (C=O) groups is 1. The van der Waals surface area contributed by atoms with Gasteiger partial charge in [-0.1, -0.05) is 12.1 Å². The van der Waals surface area contributed by atoms with Crippen LogP contribution >= 0.6 is 0 Å². The number of rotatable bonds is 5. The maximum absolute atomic E-state index is 11.7. The molecule has 0 aliphatic heterocycles. The maximum atomic E-state index is 11.7. The topological polar surface area (TPSA) is 106 Å². The van der Waals surface area contributed by atoms with E-state index >= 15 is 0 Å². The third-order valence-electron chi connectivity index (χ3n) is 5.66. The second-order valence-electron chi connectivity index (χ2n) is 7.76. The molecule has 1 saturated carbocycles. The summed E-state index contributed by atoms with van der Waals surface area (Å²) in [6.07, 6.45) is 9.27. The van der Waals surface area contributed by atoms with E-state index < -0.39 is 0 Å². The second-order valence-corrected chi connectivity index (χ2v) is 7.76. The third kappa shape index (κ3) is 4.56. The number of carbonyl (C=O) groups excluding carboxylic acids is 1. The highest BCUT2D eigenvalue weighted by Gasteiger charge is 2.22. The first-order chi connectivity index (χ1) is 15.1. The van der Waals surface area contributed by atoms with E-state index in [1.807, 2.05) is 29.9 Å². The average molecular weight is 416 g/mol. The van der Waals surface area contributed by atoms with Gasteiger partial charge in [-0.25, -0.2) is 14.8 Å². The van der Waals surface area contributed by atoms with Gasteiger partial charge in [-0.05, 0) is 50.3 Å². The fourth-order valence-corrected chi connectivity index (χ4v) is 3.88. The maximum Gasteiger partial charge on any atom is 0.337 e. The van der Waals surface area contributed by atoms with Crippen molar-refractivity contribution in [3.63, 3.8) is 0 Å². The lowest BCUT2D eigenvalue weighted by atomic mass is 9.87. The van der Waals surface area contributed by atoms with Crippen LogP contribution in [-0.4, -0.2) is 32.8 Å². The monoisotopic (exact) mass is 416 g/mol. The number of benzene rings is 1. The fourth-order valence-electron chi connectivity index (χ4n) is 3.88. The van der Waals surface area contributed by atoms with Gasteiger partial charge in [-0.2, -0.15) is 10.4 Å². The first-order valence-corrected chi connectivity index (χ1v) is 10.3. The molecule has 1 N–H and O–H groups in total. The summed E-state index contributed by atoms with van der Waals surface area (Å²) in [6.45, 7) is 1.95. The molecule has 3 aromatic rings. The molecule has 0 spiro atoms. The summed E-state index contributed by atoms with van der Waals surface area (Å²) in [5, 5.41) is 16.8. The van der Waals surface area contributed by atoms with E-state index in [0.717, 1.165) is 48.2 Å². The SMILES string of the molecule is COC(=O)c1ccc(-c2nc(Nc3cnn([C@H]4CC[C@H](C#N)CC4)c3)ncc2C)cc1. The summed E-state index contributed by atoms with van der Waals surface area (Å²) < 4.78 is 6.72. The molecule has 4 rings (SSSR count). The minimum absolute atomic E-state index is 0.172. The smallest absolute Gasteiger partial charge is 0.337 e. The van der Waals surface area contributed by atoms with Gasteiger partial charge in [0.2, 0.25) is 5.95 Å². The summed E-state index contributed by atoms with van der Waals surface area (Å²) in [5.74, 6) is 0.280. The van der Waals surface area contributed by atoms with Gasteiger partial charge in [-0.3, -0.25) is 4.68 Å². The van der Waals surface area contributed by atoms with Crippen LogP contribution in [0.1, 0.15) is 47.6 Å². The van der Waals surface area contributed by atoms with Crippen LogP contribution in [0.4, 0.5) is 11.6 Å². The van der Waals surface area contributed by atoms with Crippen LogP contribution < -0.4 is 5.32 Å². The number of esters is 1. The number of nitrogens with zero attached hydrogens (tertiary/aromatic N) is 5. The molecule has 8 heteroatoms. The van der Waals surface area contributed by atoms with Crippen molar-refractivity contribution < 1.29 is 9.53 Å². The molecule has 0 amide bonds. The number of hydrogen-bond acceptors (Lipinski definition) is 7. The number of nitriles is 1. The molecule has 1 fully saturated rings. The normalized spacial score (nSPS) is 18.2. The number of anilines is 2. The Kier molecular flexibility index (Phi) is 5.94. The predicted molar refractivity (Wildman–Crippen MR) is 116 cm³/mol. The van der Waals surface area contributed by atoms with Gasteiger partial charge in [0.15, 0.2) is 0 Å². The number of nitrogens with one attached hydrogen (secondary N) is 1. The van der Waals surface area contributed by atoms with Crippen LogP contribution in [-0.2, 0) is 4.74 Å². The van der Waals surface area contributed by atoms with Crippen LogP contribution in [0.2, 0.25) is 0 Å². The molecule has 0 saturated heterocycles. The fraction of sp³-hybridized carbons (Fsp3) is 0.348. The highest BCUT2D eigenvalue weighted by atomic mass is 16.5. The Morgan fingerprint density at radius 2 is 1.94 bits per heavy atom. The van der Waals surface area contributed by atoms with Crippen molar-refractivity contribution in [2.75, 3.05) is 12.4 Å². The molecule has 158 valence electrons. The van der Waals surface area contributed by atoms with E-state index in [1.54, 1.807) is 24.5 Å². The summed E-state index contributed by atoms with van der Waals surface area (Å²) in [7, 11) is 1.36. The molecule has 2 aromatic heterocycles. The zero-order chi connectivity index (χ0) is 21.8. The Labute approximate surface area is 180 Å². The minimum atomic E-state index is -0.369. The van der Waals surface area contributed by atoms with Gasteiger partial charge < -0.3 is 10.1 Å². The van der Waals surface area contributed by atoms with Gasteiger partial charge in [0.1, 0.15) is 0 Å². The van der Waals surface area contributed by atoms with Gasteiger partial charge in [0.25, 0.3) is 0 Å². The minimum Gasteiger partial charge on any atom is -0.465 e. The first-order valence-electron chi connectivity index (χ1n) is 10.3. The van der Waals surface area contributed by atoms with Crippen molar-refractivity contribution in [3.05, 3.63) is 54.0 Å². The van der Waals surface area contributed by atoms with E-state index in [2.05, 4.69) is 26.5 Å². The molecule has 0 unspecified atom stereocenters. The van der Waals surface area contributed by atoms with E-state index in [0.29, 0.717) is 17.6 Å². The van der Waals surface area contributed by atoms with E-state index in [9.17, 15) is 4.79 Å². The highest BCUT2D eigenvalue weighted by Crippen LogP contribution is 2.32. The van der Waals surface area contributed by atoms with Crippen LogP contribution in [0.15, 0.2) is 42.9 Å². The van der Waals surface area contributed by atoms with Crippen molar-refractivity contribution in [2.24, 2.45) is 5.92 Å². The molecule has 1 aliphatic carbocycles. The predicted octanol–water partition coefficient (Wildman–Crippen LogP) is 4.43. The quantitative estimate of drug-likeness (QED) is 0.613. The molecule has 0 atom stereocenters. The summed E-state index contributed by atoms with van der Waals surface area (Å²) in [4.78, 5) is 20.7. The summed E-state index contributed by atoms with van der Waals surface area (Å²) >= 11 is 0. The van der Waals surface area contributed by atoms with Crippen LogP contribution in [0.25, 0.3) is 11.3 Å². The van der Waals surface area contributed by atoms with Crippen molar-refractivity contribution in [2.45, 2.75) is 38.6 Å². The van der Waals surface area contributed by atoms with Crippen molar-refractivity contribution in [1.82, 2.24) is 19.7 Å². The molecule has 0 bridgehead atoms. The number of aromatic nitrogens is 4. The average Bonchev–Trinajstić information content (AvgIpc) is 3.28. The lowest BCUT2D eigenvalue weighted by Crippen LogP contribution is -2.17. The Hall–Kier alpha value is -3.73. The molecular weight excluding hydrogens is 392 g/mol. The lowest BCUT2D eigenvalue weighted by Gasteiger charge is -2.24. The third-order valence-corrected chi connectivity index (χ3v) is 5.66. The van der Waals surface area contributed by atoms with Crippen molar-refractivity contribution in [1.29, 1.82) is 5.26 Å². The van der Waals surface area contributed by atoms with E-state index in [-0.39, 0.29) is 11.9 Å². The zero-order valence-electron chi connectivity index (χ0n) is 17.6. The Morgan fingerprint density at radius 1 is 1.19 bits per heavy atom. The van der Waals surface area contributed by atoms with Gasteiger partial charge in [0, 0.05) is 23.9 Å². The van der Waals surface area contributed by atoms with Gasteiger partial charge >= 0.3 is 5.97 Å². The molecule has 1 aliphatic rings. The second kappa shape index (κ2) is 8.96. The largest absolute Gasteiger partial charge is 0.465 e. The highest BCUT2D eigenvalue weighted by molar-refractivity contribution is 5.89. The summed E-state index contributed by atoms with van der Waals surface area (Å²) in [5.41, 5.74) is 3.92. The number of methoxy groups -OCH3 is 1. The van der Waals surface area contributed by atoms with Crippen LogP contribution in [0.3, 0.4) is 0 Å². The molecule has 8 nitrogen and oxygen atoms in total. The molecule has 31 heavy (non-hydrogen) atoms. The van der Waals surface area contributed by atoms with Crippen LogP contribution in [0, 0.1) is 24.2 Å². The summed E-state index contributed by atoms with van der Waals surface area (Å²) in [6, 6.07) is 9.83. The Bertz CT molecular complexity index is 1110. The Balaban J connectivity index is 1.49. The molecule has 2 heterocycles. The number of ether oxygens (including phenoxy) is 1. The van der Waals surface area contributed by atoms with Gasteiger partial charge in [-0.15, -0.1) is 0 Å². The molecule has 1 aromatic carbocycles. The standard InChI is InChI=1S/C23H24N6O2/c1-15-12-25-23(28-21(15)17-5-7-18(8-6-17)22(30)31-2)27-19-13-26-29(14-19)20-9-3-16(11-24)4-10-20/h5-8,12-14,16,20H,3-4,9-10H2,1-2H3,(H,25,27,28)/t16-,20-. The lowest BCUT2D eigenvalue weighted by molar-refractivity contribution is 0.0600. The van der Waals surface area contributed by atoms with Gasteiger partial charge in [0.05, 0.1) is 42.4 Å². The number of hydrogen-bond donors (Lipinski definition) is 1. The first kappa shape index (κ1) is 20.5. The van der Waals surface area contributed by atoms with E-state index in [1.165, 1.54) is 7.11 Å². The van der Waals surface area contributed by atoms with Crippen molar-refractivity contribution in [3.8, 4) is 17.3 Å². The molecule has 0 radical (unpaired) electrons. The van der Waals surface area contributed by atoms with Crippen molar-refractivity contribution >= 4 is 17.6 Å². The zero-order valence-corrected chi connectivity index (χ0v) is 17.6. The number of aryl methyl sites for hydroxylation is 1. The Morgan fingerprint density at radius 3 is 2.61 bits per heavy atom. The molecular formula is C23H24N6O2. The van der Waals surface area contributed by atoms with E-state index in [4.69, 9.17) is 10.00 Å². The van der Waals surface area contributed by atoms with Crippen LogP contribution in [0.5, 0.6) is 0 Å².